The van der Waals surface area contributed by atoms with Crippen molar-refractivity contribution in [1.82, 2.24) is 0 Å². The van der Waals surface area contributed by atoms with Crippen LogP contribution in [0, 0.1) is 0 Å². The lowest BCUT2D eigenvalue weighted by Gasteiger charge is -1.94. The first-order valence-corrected chi connectivity index (χ1v) is 6.29. The van der Waals surface area contributed by atoms with Crippen LogP contribution in [0.2, 0.25) is 0 Å². The molecule has 0 saturated heterocycles. The molecule has 0 spiro atoms. The lowest BCUT2D eigenvalue weighted by atomic mass is 10.4. The summed E-state index contributed by atoms with van der Waals surface area (Å²) < 4.78 is 11.6. The summed E-state index contributed by atoms with van der Waals surface area (Å²) in [7, 11) is -0.838. The van der Waals surface area contributed by atoms with E-state index in [1.807, 2.05) is 0 Å². The minimum atomic E-state index is -0.838. The topological polar surface area (TPSA) is 17.1 Å². The molecule has 2 heteroatoms. The lowest BCUT2D eigenvalue weighted by Crippen LogP contribution is -1.95. The summed E-state index contributed by atoms with van der Waals surface area (Å²) in [5, 5.41) is 0. The van der Waals surface area contributed by atoms with Gasteiger partial charge in [-0.3, -0.25) is 0 Å². The van der Waals surface area contributed by atoms with Crippen molar-refractivity contribution < 1.29 is 4.57 Å². The van der Waals surface area contributed by atoms with Gasteiger partial charge in [0.1, 0.15) is 6.16 Å². The summed E-state index contributed by atoms with van der Waals surface area (Å²) in [6.45, 7) is 2.16. The van der Waals surface area contributed by atoms with Crippen LogP contribution in [0.5, 0.6) is 0 Å². The van der Waals surface area contributed by atoms with Gasteiger partial charge in [-0.25, -0.2) is 0 Å². The zero-order chi connectivity index (χ0) is 8.10. The first kappa shape index (κ1) is 9.19. The summed E-state index contributed by atoms with van der Waals surface area (Å²) in [4.78, 5) is 0. The van der Waals surface area contributed by atoms with Gasteiger partial charge in [0.25, 0.3) is 0 Å². The number of unbranched alkanes of at least 4 members (excludes halogenated alkanes) is 1. The number of hydrogen-bond donors (Lipinski definition) is 0. The summed E-state index contributed by atoms with van der Waals surface area (Å²) in [6, 6.07) is 0. The van der Waals surface area contributed by atoms with Gasteiger partial charge in [-0.2, -0.15) is 0 Å². The van der Waals surface area contributed by atoms with E-state index in [0.717, 1.165) is 12.6 Å². The highest BCUT2D eigenvalue weighted by Crippen LogP contribution is 2.39. The molecular weight excluding hydrogens is 155 g/mol. The maximum atomic E-state index is 11.6. The van der Waals surface area contributed by atoms with Gasteiger partial charge in [0, 0.05) is 0 Å². The Labute approximate surface area is 70.4 Å². The van der Waals surface area contributed by atoms with Gasteiger partial charge in [-0.15, -0.1) is 0 Å². The van der Waals surface area contributed by atoms with E-state index in [4.69, 9.17) is 0 Å². The third-order valence-corrected chi connectivity index (χ3v) is 4.55. The second-order valence-corrected chi connectivity index (χ2v) is 5.44. The van der Waals surface area contributed by atoms with Crippen LogP contribution in [0.1, 0.15) is 45.4 Å². The molecule has 11 heavy (non-hydrogen) atoms. The van der Waals surface area contributed by atoms with Gasteiger partial charge in [-0.1, -0.05) is 17.9 Å². The molecule has 0 amide bonds. The summed E-state index contributed by atoms with van der Waals surface area (Å²) in [5.74, 6) is 0. The van der Waals surface area contributed by atoms with Crippen LogP contribution in [0.15, 0.2) is 0 Å². The average Bonchev–Trinajstić information content (AvgIpc) is 2.52. The summed E-state index contributed by atoms with van der Waals surface area (Å²) >= 11 is 0. The van der Waals surface area contributed by atoms with E-state index in [1.54, 1.807) is 0 Å². The van der Waals surface area contributed by atoms with E-state index < -0.39 is 7.80 Å². The molecule has 0 heterocycles. The molecule has 0 radical (unpaired) electrons. The van der Waals surface area contributed by atoms with Crippen molar-refractivity contribution in [3.8, 4) is 0 Å². The average molecular weight is 173 g/mol. The largest absolute Gasteiger partial charge is 0.341 e. The van der Waals surface area contributed by atoms with Crippen molar-refractivity contribution in [1.29, 1.82) is 0 Å². The van der Waals surface area contributed by atoms with Crippen molar-refractivity contribution >= 4 is 7.80 Å². The lowest BCUT2D eigenvalue weighted by molar-refractivity contribution is 0.575. The maximum Gasteiger partial charge on any atom is 0.341 e. The van der Waals surface area contributed by atoms with Crippen molar-refractivity contribution in [3.05, 3.63) is 0 Å². The smallest absolute Gasteiger partial charge is 0.0745 e. The van der Waals surface area contributed by atoms with E-state index in [2.05, 4.69) is 6.92 Å². The third-order valence-electron chi connectivity index (χ3n) is 2.46. The Morgan fingerprint density at radius 1 is 1.36 bits per heavy atom. The maximum absolute atomic E-state index is 11.6. The number of hydrogen-bond acceptors (Lipinski definition) is 1. The zero-order valence-electron chi connectivity index (χ0n) is 7.38. The molecule has 1 nitrogen and oxygen atoms in total. The third kappa shape index (κ3) is 2.91. The van der Waals surface area contributed by atoms with Crippen LogP contribution >= 0.6 is 7.80 Å². The van der Waals surface area contributed by atoms with Gasteiger partial charge in [0.2, 0.25) is 0 Å². The molecule has 1 aliphatic carbocycles. The molecule has 0 aromatic rings. The Morgan fingerprint density at radius 2 is 2.00 bits per heavy atom. The predicted octanol–water partition coefficient (Wildman–Crippen LogP) is 3.56. The van der Waals surface area contributed by atoms with Crippen LogP contribution < -0.4 is 0 Å². The van der Waals surface area contributed by atoms with E-state index >= 15 is 0 Å². The summed E-state index contributed by atoms with van der Waals surface area (Å²) in [6.07, 6.45) is 8.43. The van der Waals surface area contributed by atoms with E-state index in [1.165, 1.54) is 32.1 Å². The Bertz CT molecular complexity index is 128. The van der Waals surface area contributed by atoms with Crippen molar-refractivity contribution in [3.63, 3.8) is 0 Å². The molecule has 1 atom stereocenters. The molecule has 1 unspecified atom stereocenters. The Kier molecular flexibility index (Phi) is 4.07. The highest BCUT2D eigenvalue weighted by atomic mass is 31.1. The van der Waals surface area contributed by atoms with Crippen LogP contribution in [0.4, 0.5) is 0 Å². The van der Waals surface area contributed by atoms with Gasteiger partial charge in [0.15, 0.2) is 5.66 Å². The fourth-order valence-electron chi connectivity index (χ4n) is 1.69. The second kappa shape index (κ2) is 4.87. The minimum absolute atomic E-state index is 0.594. The second-order valence-electron chi connectivity index (χ2n) is 3.43. The molecule has 1 saturated carbocycles. The predicted molar refractivity (Wildman–Crippen MR) is 49.6 cm³/mol. The molecule has 0 bridgehead atoms. The molecule has 0 N–H and O–H groups in total. The van der Waals surface area contributed by atoms with Crippen molar-refractivity contribution in [2.75, 3.05) is 6.16 Å². The highest BCUT2D eigenvalue weighted by molar-refractivity contribution is 7.45. The Balaban J connectivity index is 2.17. The fraction of sp³-hybridized carbons (Fsp3) is 1.00. The first-order valence-electron chi connectivity index (χ1n) is 4.78. The molecular formula is C9H18OP+. The van der Waals surface area contributed by atoms with Gasteiger partial charge < -0.3 is 0 Å². The Hall–Kier alpha value is 0.100. The van der Waals surface area contributed by atoms with Crippen LogP contribution in [0.25, 0.3) is 0 Å². The zero-order valence-corrected chi connectivity index (χ0v) is 8.28. The standard InChI is InChI=1S/C9H18OP/c1-2-3-8-11(10)9-6-4-5-7-9/h9H,2-8H2,1H3/q+1. The van der Waals surface area contributed by atoms with Crippen LogP contribution in [-0.4, -0.2) is 11.8 Å². The van der Waals surface area contributed by atoms with E-state index in [0.29, 0.717) is 5.66 Å². The molecule has 1 rings (SSSR count). The van der Waals surface area contributed by atoms with Crippen LogP contribution in [-0.2, 0) is 4.57 Å². The molecule has 0 aromatic carbocycles. The molecule has 1 fully saturated rings. The molecule has 64 valence electrons. The molecule has 0 aliphatic heterocycles. The first-order chi connectivity index (χ1) is 5.34. The van der Waals surface area contributed by atoms with Gasteiger partial charge in [-0.05, 0) is 32.1 Å². The summed E-state index contributed by atoms with van der Waals surface area (Å²) in [5.41, 5.74) is 0.594. The minimum Gasteiger partial charge on any atom is -0.0745 e. The quantitative estimate of drug-likeness (QED) is 0.594. The van der Waals surface area contributed by atoms with Gasteiger partial charge in [0.05, 0.1) is 0 Å². The fourth-order valence-corrected chi connectivity index (χ4v) is 3.62. The van der Waals surface area contributed by atoms with Crippen molar-refractivity contribution in [2.45, 2.75) is 51.1 Å². The normalized spacial score (nSPS) is 20.6. The highest BCUT2D eigenvalue weighted by Gasteiger charge is 2.31. The monoisotopic (exact) mass is 173 g/mol. The van der Waals surface area contributed by atoms with Crippen LogP contribution in [0.3, 0.4) is 0 Å². The van der Waals surface area contributed by atoms with E-state index in [9.17, 15) is 4.57 Å². The Morgan fingerprint density at radius 3 is 2.55 bits per heavy atom. The van der Waals surface area contributed by atoms with Gasteiger partial charge >= 0.3 is 7.80 Å². The van der Waals surface area contributed by atoms with Crippen molar-refractivity contribution in [2.24, 2.45) is 0 Å². The molecule has 1 aliphatic rings. The number of rotatable bonds is 4. The molecule has 0 aromatic heterocycles. The van der Waals surface area contributed by atoms with E-state index in [-0.39, 0.29) is 0 Å². The SMILES string of the molecule is CCCC[P+](=O)C1CCCC1.